The molecule has 0 amide bonds. The maximum atomic E-state index is 13.2. The van der Waals surface area contributed by atoms with E-state index in [1.807, 2.05) is 6.07 Å². The van der Waals surface area contributed by atoms with Crippen molar-refractivity contribution in [2.45, 2.75) is 37.6 Å². The molecule has 1 aromatic heterocycles. The molecular formula is C24H29BrClN5O3S. The van der Waals surface area contributed by atoms with Crippen molar-refractivity contribution >= 4 is 54.0 Å². The molecule has 3 aromatic rings. The fourth-order valence-corrected chi connectivity index (χ4v) is 5.87. The molecule has 0 saturated carbocycles. The van der Waals surface area contributed by atoms with Crippen molar-refractivity contribution in [3.63, 3.8) is 0 Å². The lowest BCUT2D eigenvalue weighted by Crippen LogP contribution is -2.35. The van der Waals surface area contributed by atoms with Gasteiger partial charge in [0.15, 0.2) is 9.84 Å². The number of sulfone groups is 1. The highest BCUT2D eigenvalue weighted by atomic mass is 79.9. The predicted molar refractivity (Wildman–Crippen MR) is 144 cm³/mol. The number of benzene rings is 2. The number of nitrogens with zero attached hydrogens (tertiary/aromatic N) is 3. The van der Waals surface area contributed by atoms with Gasteiger partial charge in [0, 0.05) is 29.1 Å². The molecule has 1 saturated heterocycles. The Balaban J connectivity index is 1.53. The number of anilines is 1. The van der Waals surface area contributed by atoms with Crippen molar-refractivity contribution in [2.24, 2.45) is 0 Å². The van der Waals surface area contributed by atoms with E-state index in [0.717, 1.165) is 23.1 Å². The van der Waals surface area contributed by atoms with Crippen molar-refractivity contribution < 1.29 is 8.42 Å². The number of hydrogen-bond acceptors (Lipinski definition) is 7. The first-order chi connectivity index (χ1) is 16.8. The Morgan fingerprint density at radius 2 is 1.91 bits per heavy atom. The molecular weight excluding hydrogens is 554 g/mol. The SMILES string of the molecule is CCS(=O)(=O)c1ccc(Cl)cc1Nn1cnc2cc(CNCCN3CCCCC3)c(Br)cc2c1=O. The number of piperidine rings is 1. The van der Waals surface area contributed by atoms with Crippen LogP contribution in [0, 0.1) is 0 Å². The summed E-state index contributed by atoms with van der Waals surface area (Å²) in [6.45, 7) is 6.49. The summed E-state index contributed by atoms with van der Waals surface area (Å²) < 4.78 is 27.0. The summed E-state index contributed by atoms with van der Waals surface area (Å²) in [6.07, 6.45) is 5.24. The second kappa shape index (κ2) is 11.4. The zero-order chi connectivity index (χ0) is 25.0. The molecule has 188 valence electrons. The summed E-state index contributed by atoms with van der Waals surface area (Å²) in [5, 5.41) is 4.24. The number of aromatic nitrogens is 2. The van der Waals surface area contributed by atoms with Gasteiger partial charge in [-0.1, -0.05) is 40.9 Å². The van der Waals surface area contributed by atoms with Crippen LogP contribution in [0.15, 0.2) is 50.8 Å². The summed E-state index contributed by atoms with van der Waals surface area (Å²) in [7, 11) is -3.53. The zero-order valence-electron chi connectivity index (χ0n) is 19.6. The summed E-state index contributed by atoms with van der Waals surface area (Å²) in [5.41, 5.74) is 4.32. The van der Waals surface area contributed by atoms with Crippen LogP contribution in [0.5, 0.6) is 0 Å². The summed E-state index contributed by atoms with van der Waals surface area (Å²) in [4.78, 5) is 20.2. The van der Waals surface area contributed by atoms with Crippen LogP contribution in [0.25, 0.3) is 10.9 Å². The zero-order valence-corrected chi connectivity index (χ0v) is 22.7. The van der Waals surface area contributed by atoms with Gasteiger partial charge in [0.1, 0.15) is 6.33 Å². The fourth-order valence-electron chi connectivity index (χ4n) is 4.19. The van der Waals surface area contributed by atoms with E-state index in [0.29, 0.717) is 22.5 Å². The lowest BCUT2D eigenvalue weighted by molar-refractivity contribution is 0.229. The van der Waals surface area contributed by atoms with Crippen LogP contribution in [-0.2, 0) is 16.4 Å². The number of nitrogens with one attached hydrogen (secondary N) is 2. The van der Waals surface area contributed by atoms with Gasteiger partial charge < -0.3 is 10.2 Å². The lowest BCUT2D eigenvalue weighted by Gasteiger charge is -2.26. The molecule has 0 aliphatic carbocycles. The average molecular weight is 583 g/mol. The minimum atomic E-state index is -3.53. The second-order valence-electron chi connectivity index (χ2n) is 8.62. The van der Waals surface area contributed by atoms with Crippen LogP contribution in [0.2, 0.25) is 5.02 Å². The lowest BCUT2D eigenvalue weighted by atomic mass is 10.1. The van der Waals surface area contributed by atoms with Gasteiger partial charge in [0.05, 0.1) is 27.2 Å². The topological polar surface area (TPSA) is 96.3 Å². The second-order valence-corrected chi connectivity index (χ2v) is 12.2. The van der Waals surface area contributed by atoms with E-state index in [1.165, 1.54) is 61.6 Å². The molecule has 2 N–H and O–H groups in total. The van der Waals surface area contributed by atoms with Crippen LogP contribution < -0.4 is 16.3 Å². The summed E-state index contributed by atoms with van der Waals surface area (Å²) in [6, 6.07) is 8.08. The van der Waals surface area contributed by atoms with Gasteiger partial charge in [0.2, 0.25) is 0 Å². The van der Waals surface area contributed by atoms with Crippen LogP contribution in [-0.4, -0.2) is 54.9 Å². The first-order valence-electron chi connectivity index (χ1n) is 11.7. The van der Waals surface area contributed by atoms with Gasteiger partial charge in [-0.2, -0.15) is 0 Å². The van der Waals surface area contributed by atoms with E-state index in [-0.39, 0.29) is 21.9 Å². The van der Waals surface area contributed by atoms with Crippen LogP contribution in [0.4, 0.5) is 5.69 Å². The number of hydrogen-bond donors (Lipinski definition) is 2. The van der Waals surface area contributed by atoms with E-state index in [1.54, 1.807) is 13.0 Å². The highest BCUT2D eigenvalue weighted by Crippen LogP contribution is 2.27. The number of fused-ring (bicyclic) bond motifs is 1. The van der Waals surface area contributed by atoms with Gasteiger partial charge in [-0.3, -0.25) is 10.2 Å². The third-order valence-electron chi connectivity index (χ3n) is 6.19. The van der Waals surface area contributed by atoms with E-state index in [2.05, 4.69) is 36.6 Å². The van der Waals surface area contributed by atoms with E-state index < -0.39 is 9.84 Å². The average Bonchev–Trinajstić information content (AvgIpc) is 2.85. The third-order valence-corrected chi connectivity index (χ3v) is 8.95. The Labute approximate surface area is 218 Å². The molecule has 0 radical (unpaired) electrons. The highest BCUT2D eigenvalue weighted by molar-refractivity contribution is 9.10. The molecule has 2 heterocycles. The van der Waals surface area contributed by atoms with Crippen LogP contribution in [0.1, 0.15) is 31.7 Å². The number of halogens is 2. The van der Waals surface area contributed by atoms with Gasteiger partial charge in [0.25, 0.3) is 5.56 Å². The summed E-state index contributed by atoms with van der Waals surface area (Å²) >= 11 is 9.68. The molecule has 0 bridgehead atoms. The van der Waals surface area contributed by atoms with Gasteiger partial charge in [-0.15, -0.1) is 0 Å². The molecule has 2 aromatic carbocycles. The van der Waals surface area contributed by atoms with Gasteiger partial charge in [-0.05, 0) is 61.8 Å². The monoisotopic (exact) mass is 581 g/mol. The molecule has 4 rings (SSSR count). The minimum Gasteiger partial charge on any atom is -0.311 e. The Morgan fingerprint density at radius 1 is 1.14 bits per heavy atom. The van der Waals surface area contributed by atoms with Crippen molar-refractivity contribution in [1.29, 1.82) is 0 Å². The van der Waals surface area contributed by atoms with Crippen molar-refractivity contribution in [1.82, 2.24) is 19.9 Å². The van der Waals surface area contributed by atoms with Gasteiger partial charge >= 0.3 is 0 Å². The molecule has 0 spiro atoms. The Bertz CT molecular complexity index is 1370. The molecule has 8 nitrogen and oxygen atoms in total. The quantitative estimate of drug-likeness (QED) is 0.368. The number of rotatable bonds is 9. The van der Waals surface area contributed by atoms with Crippen molar-refractivity contribution in [3.8, 4) is 0 Å². The molecule has 0 unspecified atom stereocenters. The van der Waals surface area contributed by atoms with E-state index in [4.69, 9.17) is 11.6 Å². The van der Waals surface area contributed by atoms with Gasteiger partial charge in [-0.25, -0.2) is 18.1 Å². The first kappa shape index (κ1) is 26.1. The molecule has 1 fully saturated rings. The van der Waals surface area contributed by atoms with Crippen molar-refractivity contribution in [2.75, 3.05) is 37.4 Å². The fraction of sp³-hybridized carbons (Fsp3) is 0.417. The highest BCUT2D eigenvalue weighted by Gasteiger charge is 2.18. The Hall–Kier alpha value is -1.98. The normalized spacial score (nSPS) is 14.9. The molecule has 0 atom stereocenters. The molecule has 1 aliphatic heterocycles. The standard InChI is InChI=1S/C24H29BrClN5O3S/c1-2-35(33,34)23-7-6-18(26)13-22(23)29-31-16-28-21-12-17(20(25)14-19(21)24(31)32)15-27-8-11-30-9-4-3-5-10-30/h6-7,12-14,16,27,29H,2-5,8-11,15H2,1H3. The van der Waals surface area contributed by atoms with E-state index in [9.17, 15) is 13.2 Å². The molecule has 35 heavy (non-hydrogen) atoms. The van der Waals surface area contributed by atoms with Crippen molar-refractivity contribution in [3.05, 3.63) is 62.1 Å². The van der Waals surface area contributed by atoms with Crippen LogP contribution in [0.3, 0.4) is 0 Å². The maximum absolute atomic E-state index is 13.2. The maximum Gasteiger partial charge on any atom is 0.280 e. The predicted octanol–water partition coefficient (Wildman–Crippen LogP) is 4.06. The number of likely N-dealkylation sites (tertiary alicyclic amines) is 1. The Morgan fingerprint density at radius 3 is 2.66 bits per heavy atom. The molecule has 11 heteroatoms. The Kier molecular flexibility index (Phi) is 8.49. The molecule has 1 aliphatic rings. The van der Waals surface area contributed by atoms with E-state index >= 15 is 0 Å². The smallest absolute Gasteiger partial charge is 0.280 e. The minimum absolute atomic E-state index is 0.0727. The summed E-state index contributed by atoms with van der Waals surface area (Å²) in [5.74, 6) is -0.0734. The largest absolute Gasteiger partial charge is 0.311 e. The van der Waals surface area contributed by atoms with Crippen LogP contribution >= 0.6 is 27.5 Å². The first-order valence-corrected chi connectivity index (χ1v) is 14.5. The third kappa shape index (κ3) is 6.24.